The number of carbonyl (C=O) groups excluding carboxylic acids is 1. The highest BCUT2D eigenvalue weighted by Gasteiger charge is 2.40. The van der Waals surface area contributed by atoms with Crippen molar-refractivity contribution in [2.45, 2.75) is 50.2 Å². The molecular formula is C22H19F7O2. The molecule has 1 aliphatic rings. The van der Waals surface area contributed by atoms with Gasteiger partial charge in [-0.15, -0.1) is 0 Å². The Labute approximate surface area is 174 Å². The number of rotatable bonds is 5. The molecule has 0 spiro atoms. The van der Waals surface area contributed by atoms with Crippen molar-refractivity contribution in [3.8, 4) is 0 Å². The SMILES string of the molecule is C[C@@H](O[C@H]1CC[C@@H](C=O)[C@@H]1c1ccc(F)cc1)c1cc(C(F)(F)F)cc(C(F)(F)F)c1. The van der Waals surface area contributed by atoms with Crippen LogP contribution in [-0.4, -0.2) is 12.4 Å². The molecule has 9 heteroatoms. The van der Waals surface area contributed by atoms with Gasteiger partial charge in [0.25, 0.3) is 0 Å². The van der Waals surface area contributed by atoms with Gasteiger partial charge in [-0.25, -0.2) is 4.39 Å². The summed E-state index contributed by atoms with van der Waals surface area (Å²) >= 11 is 0. The summed E-state index contributed by atoms with van der Waals surface area (Å²) < 4.78 is 98.0. The van der Waals surface area contributed by atoms with Crippen molar-refractivity contribution >= 4 is 6.29 Å². The average Bonchev–Trinajstić information content (AvgIpc) is 3.09. The van der Waals surface area contributed by atoms with Crippen molar-refractivity contribution in [1.82, 2.24) is 0 Å². The van der Waals surface area contributed by atoms with Gasteiger partial charge in [0.15, 0.2) is 0 Å². The van der Waals surface area contributed by atoms with E-state index in [2.05, 4.69) is 0 Å². The van der Waals surface area contributed by atoms with Crippen molar-refractivity contribution in [3.63, 3.8) is 0 Å². The van der Waals surface area contributed by atoms with E-state index < -0.39 is 53.3 Å². The third-order valence-electron chi connectivity index (χ3n) is 5.53. The van der Waals surface area contributed by atoms with E-state index in [0.29, 0.717) is 30.5 Å². The van der Waals surface area contributed by atoms with Gasteiger partial charge in [-0.1, -0.05) is 12.1 Å². The lowest BCUT2D eigenvalue weighted by atomic mass is 9.88. The van der Waals surface area contributed by atoms with Gasteiger partial charge in [-0.3, -0.25) is 0 Å². The second-order valence-corrected chi connectivity index (χ2v) is 7.61. The van der Waals surface area contributed by atoms with Crippen LogP contribution in [0.3, 0.4) is 0 Å². The van der Waals surface area contributed by atoms with Crippen LogP contribution in [0.15, 0.2) is 42.5 Å². The smallest absolute Gasteiger partial charge is 0.370 e. The summed E-state index contributed by atoms with van der Waals surface area (Å²) in [6.07, 6.45) is -10.1. The van der Waals surface area contributed by atoms with Crippen molar-refractivity contribution in [1.29, 1.82) is 0 Å². The molecule has 0 N–H and O–H groups in total. The molecule has 0 radical (unpaired) electrons. The quantitative estimate of drug-likeness (QED) is 0.376. The Morgan fingerprint density at radius 2 is 1.48 bits per heavy atom. The molecule has 2 nitrogen and oxygen atoms in total. The van der Waals surface area contributed by atoms with E-state index in [9.17, 15) is 35.5 Å². The Morgan fingerprint density at radius 1 is 0.935 bits per heavy atom. The highest BCUT2D eigenvalue weighted by atomic mass is 19.4. The third kappa shape index (κ3) is 5.26. The Morgan fingerprint density at radius 3 is 1.97 bits per heavy atom. The second-order valence-electron chi connectivity index (χ2n) is 7.61. The molecule has 0 aliphatic heterocycles. The van der Waals surface area contributed by atoms with Crippen LogP contribution in [0, 0.1) is 11.7 Å². The van der Waals surface area contributed by atoms with Gasteiger partial charge in [0.2, 0.25) is 0 Å². The zero-order valence-corrected chi connectivity index (χ0v) is 16.3. The van der Waals surface area contributed by atoms with Crippen LogP contribution in [0.25, 0.3) is 0 Å². The fourth-order valence-corrected chi connectivity index (χ4v) is 4.00. The van der Waals surface area contributed by atoms with E-state index in [1.54, 1.807) is 0 Å². The lowest BCUT2D eigenvalue weighted by molar-refractivity contribution is -0.143. The molecule has 0 bridgehead atoms. The minimum absolute atomic E-state index is 0.0650. The summed E-state index contributed by atoms with van der Waals surface area (Å²) in [5, 5.41) is 0. The molecule has 1 saturated carbocycles. The summed E-state index contributed by atoms with van der Waals surface area (Å²) in [6, 6.07) is 6.77. The highest BCUT2D eigenvalue weighted by Crippen LogP contribution is 2.43. The molecule has 0 saturated heterocycles. The van der Waals surface area contributed by atoms with Crippen LogP contribution in [-0.2, 0) is 21.9 Å². The normalized spacial score (nSPS) is 23.0. The van der Waals surface area contributed by atoms with Gasteiger partial charge in [0, 0.05) is 11.8 Å². The van der Waals surface area contributed by atoms with Crippen molar-refractivity contribution in [2.24, 2.45) is 5.92 Å². The summed E-state index contributed by atoms with van der Waals surface area (Å²) in [7, 11) is 0. The maximum atomic E-state index is 13.3. The number of ether oxygens (including phenoxy) is 1. The van der Waals surface area contributed by atoms with Crippen LogP contribution in [0.1, 0.15) is 54.0 Å². The first-order valence-electron chi connectivity index (χ1n) is 9.55. The molecule has 3 rings (SSSR count). The minimum atomic E-state index is -4.96. The number of benzene rings is 2. The van der Waals surface area contributed by atoms with Crippen molar-refractivity contribution < 1.29 is 40.3 Å². The molecule has 0 aromatic heterocycles. The fraction of sp³-hybridized carbons (Fsp3) is 0.409. The molecule has 31 heavy (non-hydrogen) atoms. The van der Waals surface area contributed by atoms with E-state index in [1.165, 1.54) is 31.2 Å². The first-order valence-corrected chi connectivity index (χ1v) is 9.55. The number of aldehydes is 1. The lowest BCUT2D eigenvalue weighted by Gasteiger charge is -2.27. The molecule has 4 atom stereocenters. The highest BCUT2D eigenvalue weighted by molar-refractivity contribution is 5.57. The number of carbonyl (C=O) groups is 1. The van der Waals surface area contributed by atoms with Gasteiger partial charge in [-0.2, -0.15) is 26.3 Å². The van der Waals surface area contributed by atoms with Gasteiger partial charge < -0.3 is 9.53 Å². The van der Waals surface area contributed by atoms with E-state index in [0.717, 1.165) is 6.29 Å². The van der Waals surface area contributed by atoms with Crippen LogP contribution < -0.4 is 0 Å². The first kappa shape index (κ1) is 23.2. The van der Waals surface area contributed by atoms with Gasteiger partial charge in [0.1, 0.15) is 12.1 Å². The number of halogens is 7. The molecule has 0 heterocycles. The zero-order chi connectivity index (χ0) is 23.0. The van der Waals surface area contributed by atoms with Crippen LogP contribution in [0.2, 0.25) is 0 Å². The van der Waals surface area contributed by atoms with Crippen molar-refractivity contribution in [3.05, 3.63) is 70.5 Å². The van der Waals surface area contributed by atoms with Crippen LogP contribution >= 0.6 is 0 Å². The second kappa shape index (κ2) is 8.61. The molecule has 0 amide bonds. The van der Waals surface area contributed by atoms with Crippen LogP contribution in [0.5, 0.6) is 0 Å². The third-order valence-corrected chi connectivity index (χ3v) is 5.53. The zero-order valence-electron chi connectivity index (χ0n) is 16.3. The molecule has 0 unspecified atom stereocenters. The molecule has 2 aromatic carbocycles. The largest absolute Gasteiger partial charge is 0.416 e. The summed E-state index contributed by atoms with van der Waals surface area (Å²) in [4.78, 5) is 11.5. The number of hydrogen-bond acceptors (Lipinski definition) is 2. The monoisotopic (exact) mass is 448 g/mol. The predicted octanol–water partition coefficient (Wildman–Crippen LogP) is 6.70. The minimum Gasteiger partial charge on any atom is -0.370 e. The lowest BCUT2D eigenvalue weighted by Crippen LogP contribution is -2.23. The topological polar surface area (TPSA) is 26.3 Å². The predicted molar refractivity (Wildman–Crippen MR) is 97.7 cm³/mol. The maximum absolute atomic E-state index is 13.3. The Kier molecular flexibility index (Phi) is 6.45. The van der Waals surface area contributed by atoms with E-state index in [-0.39, 0.29) is 11.6 Å². The average molecular weight is 448 g/mol. The van der Waals surface area contributed by atoms with Gasteiger partial charge in [0.05, 0.1) is 23.3 Å². The molecule has 1 aliphatic carbocycles. The Hall–Kier alpha value is -2.42. The number of alkyl halides is 6. The van der Waals surface area contributed by atoms with E-state index in [4.69, 9.17) is 4.74 Å². The van der Waals surface area contributed by atoms with Gasteiger partial charge in [-0.05, 0) is 61.2 Å². The Balaban J connectivity index is 1.91. The van der Waals surface area contributed by atoms with Gasteiger partial charge >= 0.3 is 12.4 Å². The molecule has 168 valence electrons. The Bertz CT molecular complexity index is 887. The maximum Gasteiger partial charge on any atom is 0.416 e. The molecular weight excluding hydrogens is 429 g/mol. The summed E-state index contributed by atoms with van der Waals surface area (Å²) in [5.41, 5.74) is -2.48. The fourth-order valence-electron chi connectivity index (χ4n) is 4.00. The van der Waals surface area contributed by atoms with Crippen molar-refractivity contribution in [2.75, 3.05) is 0 Å². The first-order chi connectivity index (χ1) is 14.4. The number of hydrogen-bond donors (Lipinski definition) is 0. The van der Waals surface area contributed by atoms with E-state index >= 15 is 0 Å². The molecule has 1 fully saturated rings. The summed E-state index contributed by atoms with van der Waals surface area (Å²) in [6.45, 7) is 1.37. The van der Waals surface area contributed by atoms with E-state index in [1.807, 2.05) is 0 Å². The standard InChI is InChI=1S/C22H19F7O2/c1-12(15-8-16(21(24,25)26)10-17(9-15)22(27,28)29)31-19-7-4-14(11-30)20(19)13-2-5-18(23)6-3-13/h2-3,5-6,8-12,14,19-20H,4,7H2,1H3/t12-,14+,19+,20+/m1/s1. The summed E-state index contributed by atoms with van der Waals surface area (Å²) in [5.74, 6) is -1.40. The molecule has 2 aromatic rings. The van der Waals surface area contributed by atoms with Crippen LogP contribution in [0.4, 0.5) is 30.7 Å².